The number of allylic oxidation sites excluding steroid dienone is 1. The molecule has 2 aromatic rings. The summed E-state index contributed by atoms with van der Waals surface area (Å²) in [6.07, 6.45) is 0. The predicted octanol–water partition coefficient (Wildman–Crippen LogP) is 3.24. The van der Waals surface area contributed by atoms with Crippen molar-refractivity contribution in [1.82, 2.24) is 10.6 Å². The Bertz CT molecular complexity index is 1040. The molecule has 0 unspecified atom stereocenters. The Morgan fingerprint density at radius 1 is 1.16 bits per heavy atom. The van der Waals surface area contributed by atoms with E-state index in [9.17, 15) is 9.90 Å². The van der Waals surface area contributed by atoms with Gasteiger partial charge in [-0.05, 0) is 55.9 Å². The highest BCUT2D eigenvalue weighted by molar-refractivity contribution is 7.80. The zero-order chi connectivity index (χ0) is 22.5. The fourth-order valence-electron chi connectivity index (χ4n) is 3.33. The van der Waals surface area contributed by atoms with Gasteiger partial charge in [0.05, 0.1) is 38.1 Å². The number of phenolic OH excluding ortho intramolecular Hbond substituents is 1. The van der Waals surface area contributed by atoms with Gasteiger partial charge >= 0.3 is 0 Å². The van der Waals surface area contributed by atoms with E-state index in [0.29, 0.717) is 51.5 Å². The first kappa shape index (κ1) is 22.2. The quantitative estimate of drug-likeness (QED) is 0.484. The number of hydrogen-bond acceptors (Lipinski definition) is 6. The highest BCUT2D eigenvalue weighted by Gasteiger charge is 2.31. The molecule has 1 atom stereocenters. The van der Waals surface area contributed by atoms with Crippen LogP contribution in [0.1, 0.15) is 25.5 Å². The predicted molar refractivity (Wildman–Crippen MR) is 122 cm³/mol. The van der Waals surface area contributed by atoms with Crippen LogP contribution in [0.5, 0.6) is 23.0 Å². The number of amides is 1. The monoisotopic (exact) mass is 443 g/mol. The molecular formula is C22H25N3O5S. The van der Waals surface area contributed by atoms with Gasteiger partial charge in [0, 0.05) is 11.8 Å². The Balaban J connectivity index is 1.99. The molecule has 0 aliphatic carbocycles. The molecule has 0 spiro atoms. The van der Waals surface area contributed by atoms with Gasteiger partial charge in [0.15, 0.2) is 16.6 Å². The Labute approximate surface area is 186 Å². The second kappa shape index (κ2) is 9.57. The van der Waals surface area contributed by atoms with Crippen LogP contribution in [0, 0.1) is 0 Å². The zero-order valence-corrected chi connectivity index (χ0v) is 18.6. The lowest BCUT2D eigenvalue weighted by Crippen LogP contribution is -2.45. The molecule has 0 radical (unpaired) electrons. The molecule has 0 bridgehead atoms. The summed E-state index contributed by atoms with van der Waals surface area (Å²) in [6.45, 7) is 4.00. The zero-order valence-electron chi connectivity index (χ0n) is 17.7. The topological polar surface area (TPSA) is 101 Å². The second-order valence-corrected chi connectivity index (χ2v) is 7.16. The molecule has 0 fully saturated rings. The molecule has 8 nitrogen and oxygen atoms in total. The normalized spacial score (nSPS) is 15.6. The van der Waals surface area contributed by atoms with Crippen LogP contribution in [-0.2, 0) is 4.79 Å². The van der Waals surface area contributed by atoms with Crippen molar-refractivity contribution in [3.63, 3.8) is 0 Å². The SMILES string of the molecule is CCOc1cc([C@H]2NC(=S)NC(C)=C2C(=O)Nc2cc(OC)ccc2OC)ccc1O. The molecule has 9 heteroatoms. The average Bonchev–Trinajstić information content (AvgIpc) is 2.74. The van der Waals surface area contributed by atoms with E-state index in [1.807, 2.05) is 6.92 Å². The number of phenols is 1. The molecule has 0 aromatic heterocycles. The van der Waals surface area contributed by atoms with Crippen molar-refractivity contribution in [2.75, 3.05) is 26.1 Å². The molecule has 1 aliphatic rings. The van der Waals surface area contributed by atoms with E-state index in [-0.39, 0.29) is 11.7 Å². The highest BCUT2D eigenvalue weighted by Crippen LogP contribution is 2.35. The summed E-state index contributed by atoms with van der Waals surface area (Å²) in [6, 6.07) is 9.54. The fourth-order valence-corrected chi connectivity index (χ4v) is 3.60. The number of carbonyl (C=O) groups is 1. The summed E-state index contributed by atoms with van der Waals surface area (Å²) in [5.41, 5.74) is 2.23. The largest absolute Gasteiger partial charge is 0.504 e. The van der Waals surface area contributed by atoms with Crippen molar-refractivity contribution in [2.24, 2.45) is 0 Å². The second-order valence-electron chi connectivity index (χ2n) is 6.75. The van der Waals surface area contributed by atoms with Gasteiger partial charge in [-0.25, -0.2) is 0 Å². The van der Waals surface area contributed by atoms with E-state index in [2.05, 4.69) is 16.0 Å². The van der Waals surface area contributed by atoms with Crippen LogP contribution in [0.2, 0.25) is 0 Å². The number of rotatable bonds is 7. The first-order chi connectivity index (χ1) is 14.9. The summed E-state index contributed by atoms with van der Waals surface area (Å²) in [5, 5.41) is 19.5. The first-order valence-electron chi connectivity index (χ1n) is 9.65. The minimum Gasteiger partial charge on any atom is -0.504 e. The lowest BCUT2D eigenvalue weighted by Gasteiger charge is -2.30. The van der Waals surface area contributed by atoms with Gasteiger partial charge in [0.25, 0.3) is 5.91 Å². The van der Waals surface area contributed by atoms with E-state index < -0.39 is 6.04 Å². The van der Waals surface area contributed by atoms with Gasteiger partial charge < -0.3 is 35.3 Å². The van der Waals surface area contributed by atoms with Gasteiger partial charge in [-0.1, -0.05) is 6.07 Å². The number of hydrogen-bond donors (Lipinski definition) is 4. The van der Waals surface area contributed by atoms with Crippen molar-refractivity contribution in [1.29, 1.82) is 0 Å². The van der Waals surface area contributed by atoms with Crippen LogP contribution in [-0.4, -0.2) is 37.0 Å². The standard InChI is InChI=1S/C22H25N3O5S/c1-5-30-18-10-13(6-8-16(18)26)20-19(12(2)23-22(31)25-20)21(27)24-15-11-14(28-3)7-9-17(15)29-4/h6-11,20,26H,5H2,1-4H3,(H,24,27)(H2,23,25,31)/t20-/m1/s1. The number of methoxy groups -OCH3 is 2. The van der Waals surface area contributed by atoms with Gasteiger partial charge in [-0.15, -0.1) is 0 Å². The van der Waals surface area contributed by atoms with Crippen molar-refractivity contribution < 1.29 is 24.1 Å². The van der Waals surface area contributed by atoms with Crippen molar-refractivity contribution in [2.45, 2.75) is 19.9 Å². The molecule has 1 heterocycles. The molecule has 1 amide bonds. The molecule has 164 valence electrons. The van der Waals surface area contributed by atoms with Gasteiger partial charge in [0.1, 0.15) is 11.5 Å². The lowest BCUT2D eigenvalue weighted by atomic mass is 9.94. The van der Waals surface area contributed by atoms with E-state index in [0.717, 1.165) is 0 Å². The summed E-state index contributed by atoms with van der Waals surface area (Å²) < 4.78 is 16.1. The Morgan fingerprint density at radius 3 is 2.61 bits per heavy atom. The van der Waals surface area contributed by atoms with Crippen molar-refractivity contribution in [3.8, 4) is 23.0 Å². The van der Waals surface area contributed by atoms with Gasteiger partial charge in [-0.3, -0.25) is 4.79 Å². The van der Waals surface area contributed by atoms with Crippen LogP contribution >= 0.6 is 12.2 Å². The summed E-state index contributed by atoms with van der Waals surface area (Å²) in [7, 11) is 3.07. The molecule has 1 aliphatic heterocycles. The van der Waals surface area contributed by atoms with Crippen LogP contribution in [0.4, 0.5) is 5.69 Å². The van der Waals surface area contributed by atoms with Gasteiger partial charge in [-0.2, -0.15) is 0 Å². The maximum atomic E-state index is 13.3. The number of aromatic hydroxyl groups is 1. The minimum atomic E-state index is -0.551. The molecule has 31 heavy (non-hydrogen) atoms. The minimum absolute atomic E-state index is 0.0231. The summed E-state index contributed by atoms with van der Waals surface area (Å²) in [4.78, 5) is 13.3. The van der Waals surface area contributed by atoms with Crippen molar-refractivity contribution in [3.05, 3.63) is 53.2 Å². The first-order valence-corrected chi connectivity index (χ1v) is 10.1. The summed E-state index contributed by atoms with van der Waals surface area (Å²) in [5.74, 6) is 1.09. The number of benzene rings is 2. The molecular weight excluding hydrogens is 418 g/mol. The number of nitrogens with one attached hydrogen (secondary N) is 3. The third kappa shape index (κ3) is 4.83. The summed E-state index contributed by atoms with van der Waals surface area (Å²) >= 11 is 5.31. The third-order valence-corrected chi connectivity index (χ3v) is 5.01. The van der Waals surface area contributed by atoms with Crippen LogP contribution in [0.15, 0.2) is 47.7 Å². The molecule has 0 saturated heterocycles. The van der Waals surface area contributed by atoms with E-state index >= 15 is 0 Å². The van der Waals surface area contributed by atoms with E-state index in [1.54, 1.807) is 44.4 Å². The van der Waals surface area contributed by atoms with Crippen LogP contribution < -0.4 is 30.2 Å². The van der Waals surface area contributed by atoms with Crippen molar-refractivity contribution >= 4 is 28.9 Å². The van der Waals surface area contributed by atoms with Crippen LogP contribution in [0.3, 0.4) is 0 Å². The molecule has 0 saturated carbocycles. The fraction of sp³-hybridized carbons (Fsp3) is 0.273. The average molecular weight is 444 g/mol. The lowest BCUT2D eigenvalue weighted by molar-refractivity contribution is -0.113. The van der Waals surface area contributed by atoms with Crippen LogP contribution in [0.25, 0.3) is 0 Å². The number of ether oxygens (including phenoxy) is 3. The third-order valence-electron chi connectivity index (χ3n) is 4.79. The number of anilines is 1. The Hall–Kier alpha value is -3.46. The smallest absolute Gasteiger partial charge is 0.255 e. The van der Waals surface area contributed by atoms with Gasteiger partial charge in [0.2, 0.25) is 0 Å². The van der Waals surface area contributed by atoms with E-state index in [1.165, 1.54) is 13.2 Å². The number of carbonyl (C=O) groups excluding carboxylic acids is 1. The Morgan fingerprint density at radius 2 is 1.94 bits per heavy atom. The Kier molecular flexibility index (Phi) is 6.86. The molecule has 4 N–H and O–H groups in total. The molecule has 2 aromatic carbocycles. The maximum Gasteiger partial charge on any atom is 0.255 e. The molecule has 3 rings (SSSR count). The highest BCUT2D eigenvalue weighted by atomic mass is 32.1. The number of thiocarbonyl (C=S) groups is 1. The maximum absolute atomic E-state index is 13.3. The van der Waals surface area contributed by atoms with E-state index in [4.69, 9.17) is 26.4 Å².